The van der Waals surface area contributed by atoms with Crippen molar-refractivity contribution in [2.75, 3.05) is 13.1 Å². The highest BCUT2D eigenvalue weighted by molar-refractivity contribution is 5.28. The third-order valence-electron chi connectivity index (χ3n) is 4.18. The van der Waals surface area contributed by atoms with Crippen LogP contribution in [0.3, 0.4) is 0 Å². The predicted molar refractivity (Wildman–Crippen MR) is 71.1 cm³/mol. The van der Waals surface area contributed by atoms with E-state index in [1.807, 2.05) is 6.92 Å². The molecule has 0 amide bonds. The average molecular weight is 251 g/mol. The standard InChI is InChI=1S/C15H22FNO/c1-3-13-10-17-7-6-15(13,18)9-12-4-5-14(16)8-11(12)2/h4-5,8,13,17-18H,3,6-7,9-10H2,1-2H3. The molecule has 3 heteroatoms. The molecule has 0 bridgehead atoms. The van der Waals surface area contributed by atoms with Gasteiger partial charge in [0.05, 0.1) is 5.60 Å². The molecule has 1 aromatic rings. The summed E-state index contributed by atoms with van der Waals surface area (Å²) in [4.78, 5) is 0. The Morgan fingerprint density at radius 3 is 2.94 bits per heavy atom. The number of aryl methyl sites for hydroxylation is 1. The smallest absolute Gasteiger partial charge is 0.123 e. The molecule has 1 fully saturated rings. The lowest BCUT2D eigenvalue weighted by atomic mass is 9.75. The Morgan fingerprint density at radius 2 is 2.28 bits per heavy atom. The van der Waals surface area contributed by atoms with Gasteiger partial charge in [-0.3, -0.25) is 0 Å². The third-order valence-corrected chi connectivity index (χ3v) is 4.18. The Kier molecular flexibility index (Phi) is 4.03. The highest BCUT2D eigenvalue weighted by Gasteiger charge is 2.37. The Balaban J connectivity index is 2.20. The van der Waals surface area contributed by atoms with Crippen molar-refractivity contribution in [3.8, 4) is 0 Å². The molecule has 1 saturated heterocycles. The molecule has 0 saturated carbocycles. The SMILES string of the molecule is CCC1CNCCC1(O)Cc1ccc(F)cc1C. The lowest BCUT2D eigenvalue weighted by Crippen LogP contribution is -2.51. The van der Waals surface area contributed by atoms with Crippen LogP contribution in [0.25, 0.3) is 0 Å². The summed E-state index contributed by atoms with van der Waals surface area (Å²) in [6.45, 7) is 5.74. The maximum atomic E-state index is 13.1. The van der Waals surface area contributed by atoms with Gasteiger partial charge in [0.15, 0.2) is 0 Å². The minimum absolute atomic E-state index is 0.208. The first-order valence-corrected chi connectivity index (χ1v) is 6.73. The van der Waals surface area contributed by atoms with Crippen LogP contribution in [-0.4, -0.2) is 23.8 Å². The second kappa shape index (κ2) is 5.37. The zero-order chi connectivity index (χ0) is 13.2. The Hall–Kier alpha value is -0.930. The topological polar surface area (TPSA) is 32.3 Å². The van der Waals surface area contributed by atoms with E-state index in [4.69, 9.17) is 0 Å². The number of piperidine rings is 1. The second-order valence-electron chi connectivity index (χ2n) is 5.41. The first-order valence-electron chi connectivity index (χ1n) is 6.73. The maximum Gasteiger partial charge on any atom is 0.123 e. The van der Waals surface area contributed by atoms with Gasteiger partial charge in [-0.2, -0.15) is 0 Å². The van der Waals surface area contributed by atoms with Crippen LogP contribution < -0.4 is 5.32 Å². The van der Waals surface area contributed by atoms with Gasteiger partial charge in [0.1, 0.15) is 5.82 Å². The van der Waals surface area contributed by atoms with Gasteiger partial charge in [0, 0.05) is 18.9 Å². The van der Waals surface area contributed by atoms with Crippen LogP contribution in [0.2, 0.25) is 0 Å². The molecule has 18 heavy (non-hydrogen) atoms. The van der Waals surface area contributed by atoms with Crippen LogP contribution in [0.15, 0.2) is 18.2 Å². The molecular weight excluding hydrogens is 229 g/mol. The number of nitrogens with one attached hydrogen (secondary N) is 1. The lowest BCUT2D eigenvalue weighted by molar-refractivity contribution is -0.0415. The van der Waals surface area contributed by atoms with Crippen LogP contribution in [0.1, 0.15) is 30.9 Å². The highest BCUT2D eigenvalue weighted by Crippen LogP contribution is 2.31. The van der Waals surface area contributed by atoms with Crippen LogP contribution >= 0.6 is 0 Å². The molecule has 2 N–H and O–H groups in total. The van der Waals surface area contributed by atoms with Gasteiger partial charge in [-0.05, 0) is 49.6 Å². The van der Waals surface area contributed by atoms with Crippen molar-refractivity contribution in [1.82, 2.24) is 5.32 Å². The molecular formula is C15H22FNO. The summed E-state index contributed by atoms with van der Waals surface area (Å²) in [6, 6.07) is 4.83. The van der Waals surface area contributed by atoms with Crippen LogP contribution in [0.5, 0.6) is 0 Å². The average Bonchev–Trinajstić information content (AvgIpc) is 2.33. The molecule has 1 aliphatic rings. The molecule has 0 aromatic heterocycles. The van der Waals surface area contributed by atoms with Gasteiger partial charge in [-0.25, -0.2) is 4.39 Å². The summed E-state index contributed by atoms with van der Waals surface area (Å²) in [5.74, 6) is 0.0660. The van der Waals surface area contributed by atoms with Gasteiger partial charge in [0.2, 0.25) is 0 Å². The molecule has 1 aromatic carbocycles. The Morgan fingerprint density at radius 1 is 1.50 bits per heavy atom. The summed E-state index contributed by atoms with van der Waals surface area (Å²) in [6.07, 6.45) is 2.35. The fraction of sp³-hybridized carbons (Fsp3) is 0.600. The molecule has 0 radical (unpaired) electrons. The van der Waals surface area contributed by atoms with Gasteiger partial charge in [0.25, 0.3) is 0 Å². The van der Waals surface area contributed by atoms with Crippen molar-refractivity contribution in [2.45, 2.75) is 38.7 Å². The zero-order valence-electron chi connectivity index (χ0n) is 11.2. The van der Waals surface area contributed by atoms with E-state index in [-0.39, 0.29) is 11.7 Å². The number of hydrogen-bond donors (Lipinski definition) is 2. The quantitative estimate of drug-likeness (QED) is 0.864. The van der Waals surface area contributed by atoms with Gasteiger partial charge < -0.3 is 10.4 Å². The molecule has 2 nitrogen and oxygen atoms in total. The molecule has 2 atom stereocenters. The number of benzene rings is 1. The van der Waals surface area contributed by atoms with Crippen LogP contribution in [0.4, 0.5) is 4.39 Å². The highest BCUT2D eigenvalue weighted by atomic mass is 19.1. The Labute approximate surface area is 108 Å². The third kappa shape index (κ3) is 2.73. The fourth-order valence-electron chi connectivity index (χ4n) is 2.92. The molecule has 100 valence electrons. The van der Waals surface area contributed by atoms with E-state index in [0.717, 1.165) is 37.1 Å². The number of hydrogen-bond acceptors (Lipinski definition) is 2. The first-order chi connectivity index (χ1) is 8.55. The van der Waals surface area contributed by atoms with Crippen molar-refractivity contribution in [1.29, 1.82) is 0 Å². The van der Waals surface area contributed by atoms with Crippen molar-refractivity contribution < 1.29 is 9.50 Å². The normalized spacial score (nSPS) is 28.3. The van der Waals surface area contributed by atoms with Crippen LogP contribution in [0, 0.1) is 18.7 Å². The minimum Gasteiger partial charge on any atom is -0.389 e. The van der Waals surface area contributed by atoms with E-state index >= 15 is 0 Å². The van der Waals surface area contributed by atoms with Gasteiger partial charge in [-0.15, -0.1) is 0 Å². The molecule has 0 spiro atoms. The number of rotatable bonds is 3. The van der Waals surface area contributed by atoms with E-state index in [1.165, 1.54) is 6.07 Å². The van der Waals surface area contributed by atoms with E-state index in [0.29, 0.717) is 6.42 Å². The number of aliphatic hydroxyl groups is 1. The summed E-state index contributed by atoms with van der Waals surface area (Å²) >= 11 is 0. The molecule has 2 rings (SSSR count). The molecule has 1 heterocycles. The summed E-state index contributed by atoms with van der Waals surface area (Å²) in [7, 11) is 0. The van der Waals surface area contributed by atoms with E-state index in [1.54, 1.807) is 12.1 Å². The Bertz CT molecular complexity index is 421. The molecule has 1 aliphatic heterocycles. The summed E-state index contributed by atoms with van der Waals surface area (Å²) in [5.41, 5.74) is 1.33. The summed E-state index contributed by atoms with van der Waals surface area (Å²) < 4.78 is 13.1. The molecule has 2 unspecified atom stereocenters. The van der Waals surface area contributed by atoms with Crippen molar-refractivity contribution >= 4 is 0 Å². The fourth-order valence-corrected chi connectivity index (χ4v) is 2.92. The largest absolute Gasteiger partial charge is 0.389 e. The molecule has 0 aliphatic carbocycles. The summed E-state index contributed by atoms with van der Waals surface area (Å²) in [5, 5.41) is 14.2. The van der Waals surface area contributed by atoms with Crippen molar-refractivity contribution in [3.05, 3.63) is 35.1 Å². The first kappa shape index (κ1) is 13.5. The lowest BCUT2D eigenvalue weighted by Gasteiger charge is -2.40. The van der Waals surface area contributed by atoms with Crippen molar-refractivity contribution in [2.24, 2.45) is 5.92 Å². The van der Waals surface area contributed by atoms with E-state index < -0.39 is 5.60 Å². The van der Waals surface area contributed by atoms with Crippen LogP contribution in [-0.2, 0) is 6.42 Å². The minimum atomic E-state index is -0.650. The monoisotopic (exact) mass is 251 g/mol. The van der Waals surface area contributed by atoms with Gasteiger partial charge in [-0.1, -0.05) is 13.0 Å². The van der Waals surface area contributed by atoms with E-state index in [2.05, 4.69) is 12.2 Å². The zero-order valence-corrected chi connectivity index (χ0v) is 11.2. The predicted octanol–water partition coefficient (Wildman–Crippen LogP) is 2.43. The van der Waals surface area contributed by atoms with Gasteiger partial charge >= 0.3 is 0 Å². The van der Waals surface area contributed by atoms with Crippen molar-refractivity contribution in [3.63, 3.8) is 0 Å². The number of halogens is 1. The second-order valence-corrected chi connectivity index (χ2v) is 5.41. The van der Waals surface area contributed by atoms with E-state index in [9.17, 15) is 9.50 Å². The maximum absolute atomic E-state index is 13.1.